The van der Waals surface area contributed by atoms with E-state index in [0.29, 0.717) is 16.5 Å². The van der Waals surface area contributed by atoms with Crippen molar-refractivity contribution < 1.29 is 4.79 Å². The molecule has 2 heterocycles. The van der Waals surface area contributed by atoms with E-state index in [1.54, 1.807) is 18.5 Å². The summed E-state index contributed by atoms with van der Waals surface area (Å²) in [5, 5.41) is 3.62. The zero-order valence-corrected chi connectivity index (χ0v) is 12.2. The van der Waals surface area contributed by atoms with Crippen LogP contribution in [0.3, 0.4) is 0 Å². The second-order valence-electron chi connectivity index (χ2n) is 4.90. The maximum atomic E-state index is 12.2. The lowest BCUT2D eigenvalue weighted by Crippen LogP contribution is -2.27. The summed E-state index contributed by atoms with van der Waals surface area (Å²) in [5.41, 5.74) is 1.25. The molecule has 0 unspecified atom stereocenters. The van der Waals surface area contributed by atoms with Crippen LogP contribution in [0.1, 0.15) is 23.2 Å². The number of nitrogens with zero attached hydrogens (tertiary/aromatic N) is 3. The van der Waals surface area contributed by atoms with Crippen molar-refractivity contribution in [1.29, 1.82) is 0 Å². The molecule has 1 amide bonds. The molecule has 21 heavy (non-hydrogen) atoms. The van der Waals surface area contributed by atoms with Crippen LogP contribution in [-0.2, 0) is 0 Å². The van der Waals surface area contributed by atoms with Gasteiger partial charge in [-0.2, -0.15) is 0 Å². The summed E-state index contributed by atoms with van der Waals surface area (Å²) in [6.45, 7) is 1.64. The average molecular weight is 303 g/mol. The maximum absolute atomic E-state index is 12.2. The Balaban J connectivity index is 1.72. The molecule has 0 radical (unpaired) electrons. The number of anilines is 2. The van der Waals surface area contributed by atoms with Gasteiger partial charge in [0, 0.05) is 25.5 Å². The molecule has 6 heteroatoms. The van der Waals surface area contributed by atoms with Gasteiger partial charge in [-0.25, -0.2) is 9.97 Å². The number of benzene rings is 1. The Labute approximate surface area is 128 Å². The molecule has 1 aliphatic rings. The van der Waals surface area contributed by atoms with Crippen LogP contribution in [0.5, 0.6) is 0 Å². The summed E-state index contributed by atoms with van der Waals surface area (Å²) < 4.78 is 0. The molecular formula is C15H15ClN4O. The first-order valence-corrected chi connectivity index (χ1v) is 7.25. The molecule has 1 aromatic carbocycles. The topological polar surface area (TPSA) is 58.1 Å². The number of amides is 1. The Kier molecular flexibility index (Phi) is 4.01. The van der Waals surface area contributed by atoms with Gasteiger partial charge < -0.3 is 10.2 Å². The summed E-state index contributed by atoms with van der Waals surface area (Å²) in [5.74, 6) is 0.415. The molecule has 0 bridgehead atoms. The standard InChI is InChI=1S/C15H15ClN4O/c16-12-5-1-2-6-13(12)19-15-17-9-11(10-18-15)14(21)20-7-3-4-8-20/h1-2,5-6,9-10H,3-4,7-8H2,(H,17,18,19). The number of para-hydroxylation sites is 1. The van der Waals surface area contributed by atoms with Gasteiger partial charge in [0.15, 0.2) is 0 Å². The van der Waals surface area contributed by atoms with Gasteiger partial charge in [0.2, 0.25) is 5.95 Å². The number of likely N-dealkylation sites (tertiary alicyclic amines) is 1. The largest absolute Gasteiger partial charge is 0.339 e. The van der Waals surface area contributed by atoms with E-state index in [1.165, 1.54) is 0 Å². The molecule has 3 rings (SSSR count). The van der Waals surface area contributed by atoms with Crippen molar-refractivity contribution in [1.82, 2.24) is 14.9 Å². The van der Waals surface area contributed by atoms with E-state index in [-0.39, 0.29) is 5.91 Å². The molecule has 0 aliphatic carbocycles. The lowest BCUT2D eigenvalue weighted by Gasteiger charge is -2.14. The van der Waals surface area contributed by atoms with Gasteiger partial charge in [-0.15, -0.1) is 0 Å². The number of carbonyl (C=O) groups excluding carboxylic acids is 1. The van der Waals surface area contributed by atoms with E-state index in [1.807, 2.05) is 23.1 Å². The zero-order chi connectivity index (χ0) is 14.7. The third-order valence-corrected chi connectivity index (χ3v) is 3.74. The molecule has 1 N–H and O–H groups in total. The molecule has 0 spiro atoms. The maximum Gasteiger partial charge on any atom is 0.256 e. The summed E-state index contributed by atoms with van der Waals surface area (Å²) in [4.78, 5) is 22.4. The van der Waals surface area contributed by atoms with E-state index in [0.717, 1.165) is 31.6 Å². The number of rotatable bonds is 3. The number of carbonyl (C=O) groups is 1. The fraction of sp³-hybridized carbons (Fsp3) is 0.267. The highest BCUT2D eigenvalue weighted by atomic mass is 35.5. The first kappa shape index (κ1) is 13.8. The van der Waals surface area contributed by atoms with E-state index in [9.17, 15) is 4.79 Å². The number of nitrogens with one attached hydrogen (secondary N) is 1. The lowest BCUT2D eigenvalue weighted by atomic mass is 10.3. The fourth-order valence-corrected chi connectivity index (χ4v) is 2.47. The first-order chi connectivity index (χ1) is 10.2. The zero-order valence-electron chi connectivity index (χ0n) is 11.4. The van der Waals surface area contributed by atoms with Crippen LogP contribution in [0.15, 0.2) is 36.7 Å². The average Bonchev–Trinajstić information content (AvgIpc) is 3.04. The van der Waals surface area contributed by atoms with Gasteiger partial charge in [-0.1, -0.05) is 23.7 Å². The monoisotopic (exact) mass is 302 g/mol. The smallest absolute Gasteiger partial charge is 0.256 e. The van der Waals surface area contributed by atoms with Crippen LogP contribution < -0.4 is 5.32 Å². The van der Waals surface area contributed by atoms with Crippen LogP contribution in [0.4, 0.5) is 11.6 Å². The molecule has 1 saturated heterocycles. The third-order valence-electron chi connectivity index (χ3n) is 3.41. The number of hydrogen-bond acceptors (Lipinski definition) is 4. The van der Waals surface area contributed by atoms with Gasteiger partial charge in [0.1, 0.15) is 0 Å². The predicted octanol–water partition coefficient (Wildman–Crippen LogP) is 3.11. The Bertz CT molecular complexity index is 638. The Morgan fingerprint density at radius 3 is 2.48 bits per heavy atom. The summed E-state index contributed by atoms with van der Waals surface area (Å²) >= 11 is 6.06. The quantitative estimate of drug-likeness (QED) is 0.946. The van der Waals surface area contributed by atoms with Gasteiger partial charge in [-0.05, 0) is 25.0 Å². The summed E-state index contributed by atoms with van der Waals surface area (Å²) in [6, 6.07) is 7.36. The molecular weight excluding hydrogens is 288 g/mol. The first-order valence-electron chi connectivity index (χ1n) is 6.87. The Hall–Kier alpha value is -2.14. The van der Waals surface area contributed by atoms with Gasteiger partial charge in [0.25, 0.3) is 5.91 Å². The normalized spacial score (nSPS) is 14.2. The molecule has 1 aromatic heterocycles. The van der Waals surface area contributed by atoms with Crippen molar-refractivity contribution in [3.8, 4) is 0 Å². The van der Waals surface area contributed by atoms with Crippen LogP contribution in [0.2, 0.25) is 5.02 Å². The van der Waals surface area contributed by atoms with Crippen LogP contribution >= 0.6 is 11.6 Å². The number of aromatic nitrogens is 2. The van der Waals surface area contributed by atoms with Crippen LogP contribution in [0, 0.1) is 0 Å². The molecule has 2 aromatic rings. The highest BCUT2D eigenvalue weighted by Crippen LogP contribution is 2.23. The predicted molar refractivity (Wildman–Crippen MR) is 81.9 cm³/mol. The van der Waals surface area contributed by atoms with Crippen molar-refractivity contribution in [3.05, 3.63) is 47.2 Å². The SMILES string of the molecule is O=C(c1cnc(Nc2ccccc2Cl)nc1)N1CCCC1. The minimum absolute atomic E-state index is 0.00297. The molecule has 108 valence electrons. The molecule has 1 fully saturated rings. The lowest BCUT2D eigenvalue weighted by molar-refractivity contribution is 0.0792. The molecule has 0 saturated carbocycles. The number of hydrogen-bond donors (Lipinski definition) is 1. The Morgan fingerprint density at radius 1 is 1.14 bits per heavy atom. The second-order valence-corrected chi connectivity index (χ2v) is 5.31. The van der Waals surface area contributed by atoms with Crippen molar-refractivity contribution in [2.45, 2.75) is 12.8 Å². The molecule has 0 atom stereocenters. The van der Waals surface area contributed by atoms with Crippen molar-refractivity contribution in [3.63, 3.8) is 0 Å². The molecule has 5 nitrogen and oxygen atoms in total. The number of halogens is 1. The van der Waals surface area contributed by atoms with Gasteiger partial charge in [-0.3, -0.25) is 4.79 Å². The van der Waals surface area contributed by atoms with Crippen molar-refractivity contribution in [2.75, 3.05) is 18.4 Å². The van der Waals surface area contributed by atoms with Crippen LogP contribution in [-0.4, -0.2) is 33.9 Å². The van der Waals surface area contributed by atoms with E-state index in [4.69, 9.17) is 11.6 Å². The highest BCUT2D eigenvalue weighted by molar-refractivity contribution is 6.33. The minimum Gasteiger partial charge on any atom is -0.339 e. The highest BCUT2D eigenvalue weighted by Gasteiger charge is 2.19. The fourth-order valence-electron chi connectivity index (χ4n) is 2.29. The second kappa shape index (κ2) is 6.10. The van der Waals surface area contributed by atoms with E-state index >= 15 is 0 Å². The van der Waals surface area contributed by atoms with E-state index < -0.39 is 0 Å². The van der Waals surface area contributed by atoms with Crippen molar-refractivity contribution in [2.24, 2.45) is 0 Å². The summed E-state index contributed by atoms with van der Waals surface area (Å²) in [6.07, 6.45) is 5.23. The van der Waals surface area contributed by atoms with Crippen LogP contribution in [0.25, 0.3) is 0 Å². The van der Waals surface area contributed by atoms with Crippen molar-refractivity contribution >= 4 is 29.1 Å². The minimum atomic E-state index is -0.00297. The summed E-state index contributed by atoms with van der Waals surface area (Å²) in [7, 11) is 0. The third kappa shape index (κ3) is 3.13. The Morgan fingerprint density at radius 2 is 1.81 bits per heavy atom. The molecule has 1 aliphatic heterocycles. The van der Waals surface area contributed by atoms with Gasteiger partial charge >= 0.3 is 0 Å². The van der Waals surface area contributed by atoms with Gasteiger partial charge in [0.05, 0.1) is 16.3 Å². The van der Waals surface area contributed by atoms with E-state index in [2.05, 4.69) is 15.3 Å².